The Bertz CT molecular complexity index is 924. The highest BCUT2D eigenvalue weighted by Gasteiger charge is 2.07. The fourth-order valence-electron chi connectivity index (χ4n) is 2.41. The number of benzene rings is 2. The Balaban J connectivity index is 1.64. The maximum atomic E-state index is 12.2. The summed E-state index contributed by atoms with van der Waals surface area (Å²) in [5, 5.41) is 2.75. The first-order chi connectivity index (χ1) is 13.2. The molecule has 0 radical (unpaired) electrons. The number of methoxy groups -OCH3 is 1. The molecule has 0 aliphatic carbocycles. The van der Waals surface area contributed by atoms with Gasteiger partial charge >= 0.3 is 0 Å². The van der Waals surface area contributed by atoms with Crippen molar-refractivity contribution in [2.24, 2.45) is 0 Å². The average Bonchev–Trinajstić information content (AvgIpc) is 2.72. The van der Waals surface area contributed by atoms with Crippen LogP contribution in [0.3, 0.4) is 0 Å². The van der Waals surface area contributed by atoms with Crippen LogP contribution in [0.2, 0.25) is 0 Å². The topological polar surface area (TPSA) is 60.5 Å². The van der Waals surface area contributed by atoms with E-state index < -0.39 is 0 Å². The number of hydrogen-bond donors (Lipinski definition) is 1. The van der Waals surface area contributed by atoms with E-state index in [2.05, 4.69) is 10.3 Å². The van der Waals surface area contributed by atoms with Crippen LogP contribution in [0, 0.1) is 0 Å². The highest BCUT2D eigenvalue weighted by atomic mass is 16.5. The average molecular weight is 360 g/mol. The molecule has 0 aliphatic rings. The van der Waals surface area contributed by atoms with Crippen molar-refractivity contribution in [3.05, 3.63) is 90.1 Å². The number of carbonyl (C=O) groups is 1. The monoisotopic (exact) mass is 360 g/mol. The molecule has 0 bridgehead atoms. The fourth-order valence-corrected chi connectivity index (χ4v) is 2.41. The van der Waals surface area contributed by atoms with Crippen LogP contribution in [0.5, 0.6) is 11.5 Å². The lowest BCUT2D eigenvalue weighted by atomic mass is 10.2. The van der Waals surface area contributed by atoms with Gasteiger partial charge in [-0.3, -0.25) is 4.79 Å². The predicted octanol–water partition coefficient (Wildman–Crippen LogP) is 4.32. The summed E-state index contributed by atoms with van der Waals surface area (Å²) in [6.07, 6.45) is 4.77. The molecule has 5 heteroatoms. The van der Waals surface area contributed by atoms with E-state index in [0.717, 1.165) is 16.9 Å². The molecule has 0 unspecified atom stereocenters. The Morgan fingerprint density at radius 2 is 1.93 bits per heavy atom. The summed E-state index contributed by atoms with van der Waals surface area (Å²) < 4.78 is 11.0. The van der Waals surface area contributed by atoms with Crippen LogP contribution in [0.4, 0.5) is 5.82 Å². The van der Waals surface area contributed by atoms with Gasteiger partial charge in [0.05, 0.1) is 7.11 Å². The number of pyridine rings is 1. The Kier molecular flexibility index (Phi) is 6.20. The van der Waals surface area contributed by atoms with E-state index in [4.69, 9.17) is 9.47 Å². The van der Waals surface area contributed by atoms with Gasteiger partial charge in [0.25, 0.3) is 0 Å². The predicted molar refractivity (Wildman–Crippen MR) is 106 cm³/mol. The number of rotatable bonds is 7. The molecule has 0 saturated carbocycles. The molecule has 5 nitrogen and oxygen atoms in total. The molecule has 0 fully saturated rings. The van der Waals surface area contributed by atoms with Crippen LogP contribution in [0.1, 0.15) is 11.1 Å². The number of aromatic nitrogens is 1. The van der Waals surface area contributed by atoms with E-state index in [1.165, 1.54) is 6.08 Å². The van der Waals surface area contributed by atoms with E-state index in [1.807, 2.05) is 54.6 Å². The Morgan fingerprint density at radius 3 is 2.74 bits per heavy atom. The zero-order chi connectivity index (χ0) is 18.9. The summed E-state index contributed by atoms with van der Waals surface area (Å²) in [6.45, 7) is 0.398. The Hall–Kier alpha value is -3.60. The Labute approximate surface area is 158 Å². The van der Waals surface area contributed by atoms with Gasteiger partial charge in [-0.25, -0.2) is 4.98 Å². The quantitative estimate of drug-likeness (QED) is 0.638. The minimum atomic E-state index is -0.291. The molecule has 1 aromatic heterocycles. The van der Waals surface area contributed by atoms with Gasteiger partial charge in [-0.05, 0) is 41.5 Å². The third-order valence-corrected chi connectivity index (χ3v) is 3.77. The second kappa shape index (κ2) is 9.20. The van der Waals surface area contributed by atoms with Gasteiger partial charge in [0, 0.05) is 12.3 Å². The highest BCUT2D eigenvalue weighted by Crippen LogP contribution is 2.22. The molecule has 0 aliphatic heterocycles. The number of ether oxygens (including phenoxy) is 2. The number of nitrogens with one attached hydrogen (secondary N) is 1. The second-order valence-corrected chi connectivity index (χ2v) is 5.72. The van der Waals surface area contributed by atoms with E-state index in [-0.39, 0.29) is 5.91 Å². The lowest BCUT2D eigenvalue weighted by Crippen LogP contribution is -2.11. The van der Waals surface area contributed by atoms with Crippen molar-refractivity contribution in [1.29, 1.82) is 0 Å². The SMILES string of the molecule is COc1cccc(/C=C/C(=O)Nc2ncccc2OCc2ccccc2)c1. The summed E-state index contributed by atoms with van der Waals surface area (Å²) in [6, 6.07) is 20.8. The first kappa shape index (κ1) is 18.2. The number of amides is 1. The highest BCUT2D eigenvalue weighted by molar-refractivity contribution is 6.02. The van der Waals surface area contributed by atoms with Crippen LogP contribution < -0.4 is 14.8 Å². The normalized spacial score (nSPS) is 10.6. The summed E-state index contributed by atoms with van der Waals surface area (Å²) in [5.41, 5.74) is 1.91. The summed E-state index contributed by atoms with van der Waals surface area (Å²) in [7, 11) is 1.60. The second-order valence-electron chi connectivity index (χ2n) is 5.72. The molecule has 2 aromatic carbocycles. The van der Waals surface area contributed by atoms with Crippen molar-refractivity contribution in [2.45, 2.75) is 6.61 Å². The number of carbonyl (C=O) groups excluding carboxylic acids is 1. The van der Waals surface area contributed by atoms with Gasteiger partial charge in [0.15, 0.2) is 11.6 Å². The summed E-state index contributed by atoms with van der Waals surface area (Å²) in [4.78, 5) is 16.4. The maximum Gasteiger partial charge on any atom is 0.249 e. The van der Waals surface area contributed by atoms with E-state index in [1.54, 1.807) is 31.5 Å². The van der Waals surface area contributed by atoms with Gasteiger partial charge in [-0.15, -0.1) is 0 Å². The van der Waals surface area contributed by atoms with Crippen LogP contribution in [-0.4, -0.2) is 18.0 Å². The van der Waals surface area contributed by atoms with Gasteiger partial charge < -0.3 is 14.8 Å². The van der Waals surface area contributed by atoms with Crippen molar-refractivity contribution in [2.75, 3.05) is 12.4 Å². The van der Waals surface area contributed by atoms with Crippen molar-refractivity contribution >= 4 is 17.8 Å². The van der Waals surface area contributed by atoms with Crippen LogP contribution in [0.25, 0.3) is 6.08 Å². The van der Waals surface area contributed by atoms with Gasteiger partial charge in [0.2, 0.25) is 5.91 Å². The first-order valence-electron chi connectivity index (χ1n) is 8.49. The molecule has 1 heterocycles. The number of nitrogens with zero attached hydrogens (tertiary/aromatic N) is 1. The van der Waals surface area contributed by atoms with E-state index >= 15 is 0 Å². The molecule has 0 saturated heterocycles. The van der Waals surface area contributed by atoms with E-state index in [0.29, 0.717) is 18.2 Å². The third-order valence-electron chi connectivity index (χ3n) is 3.77. The van der Waals surface area contributed by atoms with Crippen LogP contribution in [0.15, 0.2) is 79.0 Å². The zero-order valence-corrected chi connectivity index (χ0v) is 15.0. The lowest BCUT2D eigenvalue weighted by Gasteiger charge is -2.10. The number of hydrogen-bond acceptors (Lipinski definition) is 4. The largest absolute Gasteiger partial charge is 0.497 e. The van der Waals surface area contributed by atoms with Crippen LogP contribution in [-0.2, 0) is 11.4 Å². The van der Waals surface area contributed by atoms with Gasteiger partial charge in [-0.1, -0.05) is 42.5 Å². The minimum Gasteiger partial charge on any atom is -0.497 e. The third kappa shape index (κ3) is 5.44. The minimum absolute atomic E-state index is 0.291. The number of anilines is 1. The van der Waals surface area contributed by atoms with Crippen LogP contribution >= 0.6 is 0 Å². The van der Waals surface area contributed by atoms with Crippen molar-refractivity contribution in [1.82, 2.24) is 4.98 Å². The van der Waals surface area contributed by atoms with Gasteiger partial charge in [0.1, 0.15) is 12.4 Å². The fraction of sp³-hybridized carbons (Fsp3) is 0.0909. The molecule has 3 rings (SSSR count). The summed E-state index contributed by atoms with van der Waals surface area (Å²) in [5.74, 6) is 1.35. The molecule has 0 atom stereocenters. The standard InChI is InChI=1S/C22H20N2O3/c1-26-19-10-5-9-17(15-19)12-13-21(25)24-22-20(11-6-14-23-22)27-16-18-7-3-2-4-8-18/h2-15H,16H2,1H3,(H,23,24,25)/b13-12+. The maximum absolute atomic E-state index is 12.2. The summed E-state index contributed by atoms with van der Waals surface area (Å²) >= 11 is 0. The first-order valence-corrected chi connectivity index (χ1v) is 8.49. The molecular formula is C22H20N2O3. The van der Waals surface area contributed by atoms with E-state index in [9.17, 15) is 4.79 Å². The Morgan fingerprint density at radius 1 is 1.07 bits per heavy atom. The lowest BCUT2D eigenvalue weighted by molar-refractivity contribution is -0.111. The van der Waals surface area contributed by atoms with Crippen molar-refractivity contribution in [3.8, 4) is 11.5 Å². The molecule has 1 amide bonds. The molecular weight excluding hydrogens is 340 g/mol. The van der Waals surface area contributed by atoms with Gasteiger partial charge in [-0.2, -0.15) is 0 Å². The molecule has 3 aromatic rings. The molecule has 0 spiro atoms. The van der Waals surface area contributed by atoms with Crippen molar-refractivity contribution < 1.29 is 14.3 Å². The molecule has 1 N–H and O–H groups in total. The molecule has 27 heavy (non-hydrogen) atoms. The molecule has 136 valence electrons. The smallest absolute Gasteiger partial charge is 0.249 e. The van der Waals surface area contributed by atoms with Crippen molar-refractivity contribution in [3.63, 3.8) is 0 Å². The zero-order valence-electron chi connectivity index (χ0n) is 15.0.